The van der Waals surface area contributed by atoms with E-state index in [1.165, 1.54) is 5.56 Å². The van der Waals surface area contributed by atoms with Crippen molar-refractivity contribution in [2.75, 3.05) is 0 Å². The zero-order valence-corrected chi connectivity index (χ0v) is 9.71. The lowest BCUT2D eigenvalue weighted by molar-refractivity contribution is 0.779. The first kappa shape index (κ1) is 10.5. The minimum absolute atomic E-state index is 0.605. The van der Waals surface area contributed by atoms with E-state index in [-0.39, 0.29) is 0 Å². The van der Waals surface area contributed by atoms with Gasteiger partial charge in [-0.15, -0.1) is 0 Å². The molecule has 0 aliphatic carbocycles. The van der Waals surface area contributed by atoms with Gasteiger partial charge in [-0.2, -0.15) is 0 Å². The summed E-state index contributed by atoms with van der Waals surface area (Å²) in [7, 11) is 0. The molecule has 0 bridgehead atoms. The summed E-state index contributed by atoms with van der Waals surface area (Å²) in [4.78, 5) is 0. The Labute approximate surface area is 88.8 Å². The molecule has 0 saturated carbocycles. The first-order valence-electron chi connectivity index (χ1n) is 4.60. The minimum atomic E-state index is 0.605. The molecule has 1 aromatic rings. The summed E-state index contributed by atoms with van der Waals surface area (Å²) in [6.45, 7) is 4.31. The summed E-state index contributed by atoms with van der Waals surface area (Å²) >= 11 is 3.48. The van der Waals surface area contributed by atoms with Gasteiger partial charge in [0.25, 0.3) is 0 Å². The number of halogens is 1. The Morgan fingerprint density at radius 1 is 1.46 bits per heavy atom. The third-order valence-electron chi connectivity index (χ3n) is 2.14. The average Bonchev–Trinajstić information content (AvgIpc) is 2.14. The third kappa shape index (κ3) is 3.35. The lowest BCUT2D eigenvalue weighted by Crippen LogP contribution is -1.90. The molecule has 0 radical (unpaired) electrons. The fraction of sp³-hybridized carbons (Fsp3) is 0.333. The number of allylic oxidation sites excluding steroid dienone is 2. The fourth-order valence-electron chi connectivity index (χ4n) is 1.29. The van der Waals surface area contributed by atoms with Crippen LogP contribution < -0.4 is 0 Å². The summed E-state index contributed by atoms with van der Waals surface area (Å²) in [5, 5.41) is 0. The van der Waals surface area contributed by atoms with Crippen molar-refractivity contribution in [3.63, 3.8) is 0 Å². The van der Waals surface area contributed by atoms with E-state index in [1.54, 1.807) is 0 Å². The van der Waals surface area contributed by atoms with Crippen LogP contribution in [0.4, 0.5) is 0 Å². The highest BCUT2D eigenvalue weighted by molar-refractivity contribution is 9.10. The second kappa shape index (κ2) is 5.23. The molecule has 0 aliphatic rings. The zero-order valence-electron chi connectivity index (χ0n) is 8.13. The van der Waals surface area contributed by atoms with Crippen molar-refractivity contribution in [1.82, 2.24) is 0 Å². The molecule has 0 fully saturated rings. The van der Waals surface area contributed by atoms with Crippen LogP contribution in [0.25, 0.3) is 0 Å². The SMILES string of the molecule is C/C=C\CC(C)c1cccc(Br)c1. The Kier molecular flexibility index (Phi) is 4.23. The van der Waals surface area contributed by atoms with Crippen LogP contribution in [0.5, 0.6) is 0 Å². The number of hydrogen-bond acceptors (Lipinski definition) is 0. The highest BCUT2D eigenvalue weighted by Gasteiger charge is 2.02. The molecule has 0 amide bonds. The van der Waals surface area contributed by atoms with E-state index in [9.17, 15) is 0 Å². The molecular formula is C12H15Br. The Morgan fingerprint density at radius 3 is 2.85 bits per heavy atom. The van der Waals surface area contributed by atoms with Crippen LogP contribution in [0.2, 0.25) is 0 Å². The molecule has 0 aliphatic heterocycles. The summed E-state index contributed by atoms with van der Waals surface area (Å²) in [5.74, 6) is 0.605. The second-order valence-corrected chi connectivity index (χ2v) is 4.18. The van der Waals surface area contributed by atoms with Crippen LogP contribution in [0.15, 0.2) is 40.9 Å². The maximum absolute atomic E-state index is 3.48. The zero-order chi connectivity index (χ0) is 9.68. The molecule has 1 heteroatoms. The van der Waals surface area contributed by atoms with Crippen LogP contribution in [-0.4, -0.2) is 0 Å². The maximum atomic E-state index is 3.48. The molecule has 1 aromatic carbocycles. The van der Waals surface area contributed by atoms with Crippen LogP contribution in [-0.2, 0) is 0 Å². The summed E-state index contributed by atoms with van der Waals surface area (Å²) in [5.41, 5.74) is 1.40. The molecule has 0 saturated heterocycles. The average molecular weight is 239 g/mol. The van der Waals surface area contributed by atoms with Crippen molar-refractivity contribution in [3.05, 3.63) is 46.5 Å². The molecule has 0 nitrogen and oxygen atoms in total. The number of hydrogen-bond donors (Lipinski definition) is 0. The Hall–Kier alpha value is -0.560. The monoisotopic (exact) mass is 238 g/mol. The normalized spacial score (nSPS) is 13.5. The first-order chi connectivity index (χ1) is 6.24. The molecule has 70 valence electrons. The van der Waals surface area contributed by atoms with Gasteiger partial charge in [0.15, 0.2) is 0 Å². The van der Waals surface area contributed by atoms with Crippen LogP contribution in [0.1, 0.15) is 31.7 Å². The van der Waals surface area contributed by atoms with Gasteiger partial charge in [0, 0.05) is 4.47 Å². The largest absolute Gasteiger partial charge is 0.0916 e. The Morgan fingerprint density at radius 2 is 2.23 bits per heavy atom. The number of benzene rings is 1. The van der Waals surface area contributed by atoms with E-state index in [4.69, 9.17) is 0 Å². The van der Waals surface area contributed by atoms with Crippen molar-refractivity contribution in [2.24, 2.45) is 0 Å². The predicted octanol–water partition coefficient (Wildman–Crippen LogP) is 4.52. The van der Waals surface area contributed by atoms with E-state index >= 15 is 0 Å². The van der Waals surface area contributed by atoms with Gasteiger partial charge >= 0.3 is 0 Å². The van der Waals surface area contributed by atoms with Crippen LogP contribution in [0.3, 0.4) is 0 Å². The van der Waals surface area contributed by atoms with Crippen molar-refractivity contribution < 1.29 is 0 Å². The molecule has 0 spiro atoms. The topological polar surface area (TPSA) is 0 Å². The van der Waals surface area contributed by atoms with Gasteiger partial charge in [-0.3, -0.25) is 0 Å². The second-order valence-electron chi connectivity index (χ2n) is 3.26. The maximum Gasteiger partial charge on any atom is 0.0178 e. The predicted molar refractivity (Wildman–Crippen MR) is 62.0 cm³/mol. The lowest BCUT2D eigenvalue weighted by atomic mass is 9.98. The number of rotatable bonds is 3. The van der Waals surface area contributed by atoms with Crippen molar-refractivity contribution >= 4 is 15.9 Å². The van der Waals surface area contributed by atoms with E-state index < -0.39 is 0 Å². The molecular weight excluding hydrogens is 224 g/mol. The quantitative estimate of drug-likeness (QED) is 0.680. The highest BCUT2D eigenvalue weighted by atomic mass is 79.9. The lowest BCUT2D eigenvalue weighted by Gasteiger charge is -2.08. The summed E-state index contributed by atoms with van der Waals surface area (Å²) in [6.07, 6.45) is 5.44. The van der Waals surface area contributed by atoms with Gasteiger partial charge in [-0.1, -0.05) is 47.1 Å². The third-order valence-corrected chi connectivity index (χ3v) is 2.64. The Balaban J connectivity index is 2.70. The first-order valence-corrected chi connectivity index (χ1v) is 5.40. The van der Waals surface area contributed by atoms with Gasteiger partial charge < -0.3 is 0 Å². The molecule has 0 N–H and O–H groups in total. The van der Waals surface area contributed by atoms with Crippen molar-refractivity contribution in [2.45, 2.75) is 26.2 Å². The van der Waals surface area contributed by atoms with Gasteiger partial charge in [0.2, 0.25) is 0 Å². The van der Waals surface area contributed by atoms with Gasteiger partial charge in [-0.25, -0.2) is 0 Å². The van der Waals surface area contributed by atoms with Crippen molar-refractivity contribution in [1.29, 1.82) is 0 Å². The standard InChI is InChI=1S/C12H15Br/c1-3-4-6-10(2)11-7-5-8-12(13)9-11/h3-5,7-10H,6H2,1-2H3/b4-3-. The van der Waals surface area contributed by atoms with E-state index in [1.807, 2.05) is 0 Å². The van der Waals surface area contributed by atoms with Crippen LogP contribution in [0, 0.1) is 0 Å². The van der Waals surface area contributed by atoms with Gasteiger partial charge in [0.1, 0.15) is 0 Å². The molecule has 13 heavy (non-hydrogen) atoms. The molecule has 1 atom stereocenters. The fourth-order valence-corrected chi connectivity index (χ4v) is 1.71. The molecule has 0 heterocycles. The summed E-state index contributed by atoms with van der Waals surface area (Å²) < 4.78 is 1.16. The van der Waals surface area contributed by atoms with E-state index in [0.29, 0.717) is 5.92 Å². The smallest absolute Gasteiger partial charge is 0.0178 e. The highest BCUT2D eigenvalue weighted by Crippen LogP contribution is 2.22. The molecule has 1 rings (SSSR count). The van der Waals surface area contributed by atoms with E-state index in [0.717, 1.165) is 10.9 Å². The molecule has 1 unspecified atom stereocenters. The van der Waals surface area contributed by atoms with Crippen molar-refractivity contribution in [3.8, 4) is 0 Å². The van der Waals surface area contributed by atoms with Gasteiger partial charge in [-0.05, 0) is 37.0 Å². The van der Waals surface area contributed by atoms with E-state index in [2.05, 4.69) is 66.2 Å². The Bertz CT molecular complexity index is 289. The van der Waals surface area contributed by atoms with Crippen LogP contribution >= 0.6 is 15.9 Å². The molecule has 0 aromatic heterocycles. The summed E-state index contributed by atoms with van der Waals surface area (Å²) in [6, 6.07) is 8.52. The minimum Gasteiger partial charge on any atom is -0.0916 e. The van der Waals surface area contributed by atoms with Gasteiger partial charge in [0.05, 0.1) is 0 Å².